The first-order valence-electron chi connectivity index (χ1n) is 11.1. The van der Waals surface area contributed by atoms with Crippen molar-refractivity contribution in [1.29, 1.82) is 0 Å². The zero-order valence-electron chi connectivity index (χ0n) is 19.8. The van der Waals surface area contributed by atoms with E-state index in [9.17, 15) is 14.0 Å². The highest BCUT2D eigenvalue weighted by molar-refractivity contribution is 9.10. The topological polar surface area (TPSA) is 94.8 Å². The van der Waals surface area contributed by atoms with E-state index in [-0.39, 0.29) is 17.9 Å². The van der Waals surface area contributed by atoms with Crippen molar-refractivity contribution in [2.75, 3.05) is 18.5 Å². The summed E-state index contributed by atoms with van der Waals surface area (Å²) in [6, 6.07) is 14.5. The van der Waals surface area contributed by atoms with Crippen LogP contribution in [0.3, 0.4) is 0 Å². The van der Waals surface area contributed by atoms with Crippen LogP contribution < -0.4 is 20.3 Å². The van der Waals surface area contributed by atoms with Crippen molar-refractivity contribution in [3.8, 4) is 11.5 Å². The normalized spacial score (nSPS) is 11.2. The molecule has 37 heavy (non-hydrogen) atoms. The summed E-state index contributed by atoms with van der Waals surface area (Å²) in [6.07, 6.45) is 1.50. The number of aromatic nitrogens is 2. The van der Waals surface area contributed by atoms with Gasteiger partial charge >= 0.3 is 0 Å². The van der Waals surface area contributed by atoms with E-state index in [1.807, 2.05) is 13.0 Å². The van der Waals surface area contributed by atoms with Gasteiger partial charge in [-0.1, -0.05) is 28.1 Å². The van der Waals surface area contributed by atoms with E-state index in [1.165, 1.54) is 29.1 Å². The third-order valence-electron chi connectivity index (χ3n) is 5.15. The number of aryl methyl sites for hydroxylation is 1. The van der Waals surface area contributed by atoms with Crippen molar-refractivity contribution >= 4 is 60.6 Å². The summed E-state index contributed by atoms with van der Waals surface area (Å²) in [7, 11) is 0. The molecule has 0 spiro atoms. The molecule has 0 unspecified atom stereocenters. The molecule has 0 radical (unpaired) electrons. The number of amides is 1. The predicted molar refractivity (Wildman–Crippen MR) is 147 cm³/mol. The second kappa shape index (κ2) is 11.7. The van der Waals surface area contributed by atoms with Gasteiger partial charge in [-0.05, 0) is 72.2 Å². The first-order chi connectivity index (χ1) is 17.8. The number of fused-ring (bicyclic) bond motifs is 1. The van der Waals surface area contributed by atoms with Crippen LogP contribution in [-0.2, 0) is 4.79 Å². The third kappa shape index (κ3) is 6.23. The predicted octanol–water partition coefficient (Wildman–Crippen LogP) is 5.67. The summed E-state index contributed by atoms with van der Waals surface area (Å²) in [5.74, 6) is 0.0362. The maximum Gasteiger partial charge on any atom is 0.282 e. The van der Waals surface area contributed by atoms with E-state index < -0.39 is 11.7 Å². The fraction of sp³-hybridized carbons (Fsp3) is 0.154. The highest BCUT2D eigenvalue weighted by atomic mass is 79.9. The minimum atomic E-state index is -0.541. The zero-order valence-corrected chi connectivity index (χ0v) is 23.0. The van der Waals surface area contributed by atoms with E-state index >= 15 is 0 Å². The summed E-state index contributed by atoms with van der Waals surface area (Å²) in [5.41, 5.74) is 0.946. The highest BCUT2D eigenvalue weighted by Crippen LogP contribution is 2.33. The van der Waals surface area contributed by atoms with Crippen LogP contribution in [0.5, 0.6) is 11.5 Å². The van der Waals surface area contributed by atoms with Gasteiger partial charge in [0.1, 0.15) is 11.6 Å². The number of rotatable bonds is 8. The average molecular weight is 632 g/mol. The van der Waals surface area contributed by atoms with Gasteiger partial charge in [0.05, 0.1) is 29.4 Å². The van der Waals surface area contributed by atoms with Crippen molar-refractivity contribution in [1.82, 2.24) is 9.66 Å². The zero-order chi connectivity index (χ0) is 26.5. The quantitative estimate of drug-likeness (QED) is 0.253. The molecule has 1 aromatic heterocycles. The van der Waals surface area contributed by atoms with Crippen molar-refractivity contribution in [3.05, 3.63) is 91.1 Å². The Morgan fingerprint density at radius 1 is 1.14 bits per heavy atom. The summed E-state index contributed by atoms with van der Waals surface area (Å²) >= 11 is 6.85. The molecule has 0 fully saturated rings. The molecule has 0 aliphatic heterocycles. The molecule has 190 valence electrons. The van der Waals surface area contributed by atoms with Crippen LogP contribution in [-0.4, -0.2) is 35.0 Å². The van der Waals surface area contributed by atoms with Gasteiger partial charge in [-0.3, -0.25) is 9.59 Å². The molecule has 0 saturated heterocycles. The maximum absolute atomic E-state index is 13.8. The summed E-state index contributed by atoms with van der Waals surface area (Å²) in [4.78, 5) is 29.7. The lowest BCUT2D eigenvalue weighted by atomic mass is 10.2. The minimum Gasteiger partial charge on any atom is -0.490 e. The molecule has 1 N–H and O–H groups in total. The van der Waals surface area contributed by atoms with Gasteiger partial charge in [-0.25, -0.2) is 9.37 Å². The fourth-order valence-electron chi connectivity index (χ4n) is 3.44. The summed E-state index contributed by atoms with van der Waals surface area (Å²) in [6.45, 7) is 3.50. The summed E-state index contributed by atoms with van der Waals surface area (Å²) in [5, 5.41) is 7.25. The second-order valence-electron chi connectivity index (χ2n) is 7.75. The number of hydrogen-bond donors (Lipinski definition) is 1. The molecular formula is C26H21Br2FN4O4. The van der Waals surface area contributed by atoms with Crippen LogP contribution in [0.25, 0.3) is 10.9 Å². The van der Waals surface area contributed by atoms with Gasteiger partial charge in [-0.15, -0.1) is 0 Å². The molecule has 4 rings (SSSR count). The molecule has 0 bridgehead atoms. The minimum absolute atomic E-state index is 0.0648. The number of nitrogens with zero attached hydrogens (tertiary/aromatic N) is 3. The van der Waals surface area contributed by atoms with Gasteiger partial charge in [0, 0.05) is 14.5 Å². The monoisotopic (exact) mass is 630 g/mol. The third-order valence-corrected chi connectivity index (χ3v) is 6.33. The number of ether oxygens (including phenoxy) is 2. The number of carbonyl (C=O) groups is 1. The first-order valence-corrected chi connectivity index (χ1v) is 12.7. The van der Waals surface area contributed by atoms with Gasteiger partial charge in [0.25, 0.3) is 11.5 Å². The van der Waals surface area contributed by atoms with Crippen molar-refractivity contribution in [2.24, 2.45) is 5.10 Å². The number of carbonyl (C=O) groups excluding carboxylic acids is 1. The Kier molecular flexibility index (Phi) is 8.34. The van der Waals surface area contributed by atoms with Crippen LogP contribution in [0.4, 0.5) is 10.1 Å². The molecule has 1 amide bonds. The number of hydrogen-bond acceptors (Lipinski definition) is 6. The van der Waals surface area contributed by atoms with Gasteiger partial charge < -0.3 is 14.8 Å². The Morgan fingerprint density at radius 2 is 1.89 bits per heavy atom. The van der Waals surface area contributed by atoms with Gasteiger partial charge in [0.15, 0.2) is 18.1 Å². The Balaban J connectivity index is 1.57. The molecule has 3 aromatic carbocycles. The summed E-state index contributed by atoms with van der Waals surface area (Å²) < 4.78 is 27.7. The van der Waals surface area contributed by atoms with Gasteiger partial charge in [0.2, 0.25) is 0 Å². The maximum atomic E-state index is 13.8. The van der Waals surface area contributed by atoms with Crippen LogP contribution in [0.15, 0.2) is 73.4 Å². The van der Waals surface area contributed by atoms with Crippen LogP contribution in [0, 0.1) is 12.7 Å². The first kappa shape index (κ1) is 26.5. The second-order valence-corrected chi connectivity index (χ2v) is 9.52. The van der Waals surface area contributed by atoms with E-state index in [0.29, 0.717) is 44.9 Å². The fourth-order valence-corrected chi connectivity index (χ4v) is 4.22. The molecule has 0 saturated carbocycles. The molecule has 0 atom stereocenters. The molecule has 0 aliphatic rings. The number of halogens is 3. The van der Waals surface area contributed by atoms with E-state index in [4.69, 9.17) is 9.47 Å². The number of benzene rings is 3. The van der Waals surface area contributed by atoms with E-state index in [0.717, 1.165) is 4.47 Å². The van der Waals surface area contributed by atoms with Crippen LogP contribution in [0.1, 0.15) is 18.3 Å². The SMILES string of the molecule is CCOc1cc(C=Nn2c(C)nc3ccc(Br)cc3c2=O)c(Br)cc1OCC(=O)Nc1ccccc1F. The smallest absolute Gasteiger partial charge is 0.282 e. The average Bonchev–Trinajstić information content (AvgIpc) is 2.86. The molecule has 8 nitrogen and oxygen atoms in total. The number of para-hydroxylation sites is 1. The highest BCUT2D eigenvalue weighted by Gasteiger charge is 2.14. The standard InChI is InChI=1S/C26H21Br2FN4O4/c1-3-36-23-10-16(13-30-33-15(2)31-21-9-8-17(27)11-18(21)26(33)35)19(28)12-24(23)37-14-25(34)32-22-7-5-4-6-20(22)29/h4-13H,3,14H2,1-2H3,(H,32,34). The molecule has 11 heteroatoms. The molecule has 4 aromatic rings. The van der Waals surface area contributed by atoms with Gasteiger partial charge in [-0.2, -0.15) is 9.78 Å². The lowest BCUT2D eigenvalue weighted by molar-refractivity contribution is -0.118. The molecule has 1 heterocycles. The van der Waals surface area contributed by atoms with Crippen molar-refractivity contribution < 1.29 is 18.7 Å². The Hall–Kier alpha value is -3.57. The molecule has 0 aliphatic carbocycles. The largest absolute Gasteiger partial charge is 0.490 e. The number of nitrogens with one attached hydrogen (secondary N) is 1. The van der Waals surface area contributed by atoms with Crippen LogP contribution in [0.2, 0.25) is 0 Å². The Morgan fingerprint density at radius 3 is 2.65 bits per heavy atom. The Bertz CT molecular complexity index is 1570. The van der Waals surface area contributed by atoms with Crippen LogP contribution >= 0.6 is 31.9 Å². The molecular weight excluding hydrogens is 611 g/mol. The number of anilines is 1. The lowest BCUT2D eigenvalue weighted by Crippen LogP contribution is -2.21. The van der Waals surface area contributed by atoms with E-state index in [2.05, 4.69) is 47.3 Å². The Labute approximate surface area is 228 Å². The lowest BCUT2D eigenvalue weighted by Gasteiger charge is -2.14. The van der Waals surface area contributed by atoms with Crippen molar-refractivity contribution in [3.63, 3.8) is 0 Å². The van der Waals surface area contributed by atoms with E-state index in [1.54, 1.807) is 37.3 Å². The van der Waals surface area contributed by atoms with Crippen molar-refractivity contribution in [2.45, 2.75) is 13.8 Å².